The summed E-state index contributed by atoms with van der Waals surface area (Å²) in [7, 11) is 0. The summed E-state index contributed by atoms with van der Waals surface area (Å²) in [6.45, 7) is 4.38. The number of furan rings is 1. The van der Waals surface area contributed by atoms with Crippen molar-refractivity contribution in [2.75, 3.05) is 5.32 Å². The summed E-state index contributed by atoms with van der Waals surface area (Å²) in [6.07, 6.45) is 5.69. The molecule has 0 unspecified atom stereocenters. The fourth-order valence-electron chi connectivity index (χ4n) is 3.07. The van der Waals surface area contributed by atoms with Crippen molar-refractivity contribution in [3.8, 4) is 11.5 Å². The van der Waals surface area contributed by atoms with Crippen molar-refractivity contribution in [1.29, 1.82) is 0 Å². The number of fused-ring (bicyclic) bond motifs is 1. The van der Waals surface area contributed by atoms with Crippen LogP contribution in [0, 0.1) is 0 Å². The molecule has 4 rings (SSSR count). The van der Waals surface area contributed by atoms with Gasteiger partial charge in [0.25, 0.3) is 0 Å². The molecule has 1 atom stereocenters. The van der Waals surface area contributed by atoms with Crippen LogP contribution in [0.3, 0.4) is 0 Å². The molecule has 1 N–H and O–H groups in total. The van der Waals surface area contributed by atoms with Gasteiger partial charge in [0.1, 0.15) is 11.3 Å². The quantitative estimate of drug-likeness (QED) is 0.398. The number of hydrogen-bond donors (Lipinski definition) is 1. The summed E-state index contributed by atoms with van der Waals surface area (Å²) in [5.41, 5.74) is 4.32. The first-order chi connectivity index (χ1) is 14.1. The molecule has 4 aromatic rings. The van der Waals surface area contributed by atoms with Gasteiger partial charge in [-0.15, -0.1) is 0 Å². The van der Waals surface area contributed by atoms with Gasteiger partial charge >= 0.3 is 0 Å². The zero-order valence-electron chi connectivity index (χ0n) is 16.4. The minimum Gasteiger partial charge on any atom is -0.465 e. The molecule has 0 aliphatic heterocycles. The number of benzene rings is 2. The van der Waals surface area contributed by atoms with Crippen LogP contribution in [-0.4, -0.2) is 10.9 Å². The van der Waals surface area contributed by atoms with Crippen LogP contribution in [-0.2, 0) is 4.79 Å². The van der Waals surface area contributed by atoms with Gasteiger partial charge in [0, 0.05) is 17.3 Å². The minimum absolute atomic E-state index is 0.241. The largest absolute Gasteiger partial charge is 0.465 e. The number of aromatic nitrogens is 1. The SMILES string of the molecule is CC[C@@H](C)c1ccc2oc(-c3cccc(NC(=O)/C=C/c4ccco4)c3)nc2c1. The van der Waals surface area contributed by atoms with Crippen LogP contribution in [0.4, 0.5) is 5.69 Å². The third-order valence-electron chi connectivity index (χ3n) is 4.91. The lowest BCUT2D eigenvalue weighted by Crippen LogP contribution is -2.07. The summed E-state index contributed by atoms with van der Waals surface area (Å²) in [6, 6.07) is 17.1. The fourth-order valence-corrected chi connectivity index (χ4v) is 3.07. The molecule has 0 aliphatic carbocycles. The predicted molar refractivity (Wildman–Crippen MR) is 115 cm³/mol. The summed E-state index contributed by atoms with van der Waals surface area (Å²) >= 11 is 0. The summed E-state index contributed by atoms with van der Waals surface area (Å²) in [5, 5.41) is 2.84. The molecular weight excluding hydrogens is 364 g/mol. The van der Waals surface area contributed by atoms with Gasteiger partial charge in [-0.2, -0.15) is 0 Å². The Morgan fingerprint density at radius 2 is 2.07 bits per heavy atom. The van der Waals surface area contributed by atoms with Gasteiger partial charge in [-0.05, 0) is 66.4 Å². The first kappa shape index (κ1) is 18.7. The molecule has 0 radical (unpaired) electrons. The van der Waals surface area contributed by atoms with Crippen molar-refractivity contribution < 1.29 is 13.6 Å². The van der Waals surface area contributed by atoms with E-state index < -0.39 is 0 Å². The van der Waals surface area contributed by atoms with Crippen LogP contribution in [0.15, 0.2) is 75.8 Å². The molecular formula is C24H22N2O3. The molecule has 29 heavy (non-hydrogen) atoms. The van der Waals surface area contributed by atoms with Crippen LogP contribution in [0.2, 0.25) is 0 Å². The Morgan fingerprint density at radius 3 is 2.86 bits per heavy atom. The molecule has 5 nitrogen and oxygen atoms in total. The van der Waals surface area contributed by atoms with Crippen LogP contribution >= 0.6 is 0 Å². The van der Waals surface area contributed by atoms with Gasteiger partial charge in [-0.1, -0.05) is 26.0 Å². The molecule has 5 heteroatoms. The molecule has 2 heterocycles. The molecule has 0 aliphatic rings. The van der Waals surface area contributed by atoms with Crippen molar-refractivity contribution >= 4 is 28.8 Å². The van der Waals surface area contributed by atoms with E-state index >= 15 is 0 Å². The number of amides is 1. The number of anilines is 1. The summed E-state index contributed by atoms with van der Waals surface area (Å²) in [4.78, 5) is 16.8. The third kappa shape index (κ3) is 4.29. The molecule has 0 saturated carbocycles. The van der Waals surface area contributed by atoms with Crippen LogP contribution in [0.25, 0.3) is 28.6 Å². The van der Waals surface area contributed by atoms with Gasteiger partial charge in [0.15, 0.2) is 5.58 Å². The topological polar surface area (TPSA) is 68.3 Å². The van der Waals surface area contributed by atoms with Crippen molar-refractivity contribution in [3.63, 3.8) is 0 Å². The number of carbonyl (C=O) groups is 1. The maximum atomic E-state index is 12.1. The molecule has 1 amide bonds. The maximum absolute atomic E-state index is 12.1. The van der Waals surface area contributed by atoms with Crippen molar-refractivity contribution in [3.05, 3.63) is 78.3 Å². The Kier molecular flexibility index (Phi) is 5.29. The van der Waals surface area contributed by atoms with E-state index in [1.165, 1.54) is 11.6 Å². The monoisotopic (exact) mass is 386 g/mol. The maximum Gasteiger partial charge on any atom is 0.248 e. The number of oxazole rings is 1. The lowest BCUT2D eigenvalue weighted by molar-refractivity contribution is -0.111. The van der Waals surface area contributed by atoms with Gasteiger partial charge in [0.2, 0.25) is 11.8 Å². The number of nitrogens with zero attached hydrogens (tertiary/aromatic N) is 1. The van der Waals surface area contributed by atoms with Crippen LogP contribution in [0.1, 0.15) is 37.5 Å². The van der Waals surface area contributed by atoms with E-state index in [0.29, 0.717) is 23.3 Å². The number of hydrogen-bond acceptors (Lipinski definition) is 4. The zero-order valence-corrected chi connectivity index (χ0v) is 16.4. The summed E-state index contributed by atoms with van der Waals surface area (Å²) < 4.78 is 11.1. The average Bonchev–Trinajstić information content (AvgIpc) is 3.41. The lowest BCUT2D eigenvalue weighted by atomic mass is 9.98. The standard InChI is InChI=1S/C24H22N2O3/c1-3-16(2)17-9-11-22-21(15-17)26-24(29-22)18-6-4-7-19(14-18)25-23(27)12-10-20-8-5-13-28-20/h4-16H,3H2,1-2H3,(H,25,27)/b12-10+/t16-/m1/s1. The van der Waals surface area contributed by atoms with Crippen LogP contribution < -0.4 is 5.32 Å². The molecule has 0 fully saturated rings. The molecule has 0 saturated heterocycles. The average molecular weight is 386 g/mol. The Balaban J connectivity index is 1.54. The van der Waals surface area contributed by atoms with Crippen molar-refractivity contribution in [1.82, 2.24) is 4.98 Å². The zero-order chi connectivity index (χ0) is 20.2. The van der Waals surface area contributed by atoms with Gasteiger partial charge in [0.05, 0.1) is 6.26 Å². The number of rotatable bonds is 6. The van der Waals surface area contributed by atoms with E-state index in [9.17, 15) is 4.79 Å². The van der Waals surface area contributed by atoms with E-state index in [1.54, 1.807) is 24.5 Å². The fraction of sp³-hybridized carbons (Fsp3) is 0.167. The first-order valence-electron chi connectivity index (χ1n) is 9.66. The molecule has 2 aromatic carbocycles. The van der Waals surface area contributed by atoms with Gasteiger partial charge < -0.3 is 14.2 Å². The second-order valence-corrected chi connectivity index (χ2v) is 6.97. The smallest absolute Gasteiger partial charge is 0.248 e. The van der Waals surface area contributed by atoms with E-state index in [-0.39, 0.29) is 5.91 Å². The van der Waals surface area contributed by atoms with Crippen molar-refractivity contribution in [2.24, 2.45) is 0 Å². The Morgan fingerprint density at radius 1 is 1.17 bits per heavy atom. The van der Waals surface area contributed by atoms with E-state index in [4.69, 9.17) is 8.83 Å². The van der Waals surface area contributed by atoms with E-state index in [0.717, 1.165) is 23.1 Å². The Hall–Kier alpha value is -3.60. The van der Waals surface area contributed by atoms with Gasteiger partial charge in [-0.25, -0.2) is 4.98 Å². The minimum atomic E-state index is -0.241. The second-order valence-electron chi connectivity index (χ2n) is 6.97. The lowest BCUT2D eigenvalue weighted by Gasteiger charge is -2.07. The molecule has 2 aromatic heterocycles. The highest BCUT2D eigenvalue weighted by atomic mass is 16.3. The number of nitrogens with one attached hydrogen (secondary N) is 1. The second kappa shape index (κ2) is 8.19. The van der Waals surface area contributed by atoms with Gasteiger partial charge in [-0.3, -0.25) is 4.79 Å². The Bertz CT molecular complexity index is 1160. The van der Waals surface area contributed by atoms with E-state index in [1.807, 2.05) is 30.3 Å². The summed E-state index contributed by atoms with van der Waals surface area (Å²) in [5.74, 6) is 1.39. The normalized spacial score (nSPS) is 12.5. The van der Waals surface area contributed by atoms with Crippen molar-refractivity contribution in [2.45, 2.75) is 26.2 Å². The number of carbonyl (C=O) groups excluding carboxylic acids is 1. The molecule has 0 spiro atoms. The highest BCUT2D eigenvalue weighted by Gasteiger charge is 2.11. The Labute approximate surface area is 169 Å². The molecule has 146 valence electrons. The highest BCUT2D eigenvalue weighted by Crippen LogP contribution is 2.29. The third-order valence-corrected chi connectivity index (χ3v) is 4.91. The predicted octanol–water partition coefficient (Wildman–Crippen LogP) is 6.25. The first-order valence-corrected chi connectivity index (χ1v) is 9.66. The van der Waals surface area contributed by atoms with E-state index in [2.05, 4.69) is 36.3 Å². The van der Waals surface area contributed by atoms with Crippen LogP contribution in [0.5, 0.6) is 0 Å². The molecule has 0 bridgehead atoms. The highest BCUT2D eigenvalue weighted by molar-refractivity contribution is 6.02.